The highest BCUT2D eigenvalue weighted by Gasteiger charge is 2.15. The number of aryl methyl sites for hydroxylation is 1. The molecule has 0 bridgehead atoms. The molecule has 0 radical (unpaired) electrons. The Balaban J connectivity index is 2.60. The van der Waals surface area contributed by atoms with Crippen molar-refractivity contribution in [3.05, 3.63) is 11.8 Å². The van der Waals surface area contributed by atoms with E-state index in [1.165, 1.54) is 0 Å². The van der Waals surface area contributed by atoms with Crippen LogP contribution in [0.25, 0.3) is 0 Å². The lowest BCUT2D eigenvalue weighted by molar-refractivity contribution is 0.114. The zero-order valence-corrected chi connectivity index (χ0v) is 13.1. The first-order chi connectivity index (χ1) is 9.60. The summed E-state index contributed by atoms with van der Waals surface area (Å²) in [6.07, 6.45) is 2.68. The summed E-state index contributed by atoms with van der Waals surface area (Å²) in [7, 11) is 0. The molecule has 1 unspecified atom stereocenters. The fourth-order valence-electron chi connectivity index (χ4n) is 2.18. The van der Waals surface area contributed by atoms with Gasteiger partial charge in [0.05, 0.1) is 6.10 Å². The van der Waals surface area contributed by atoms with E-state index in [2.05, 4.69) is 41.4 Å². The molecule has 1 heterocycles. The lowest BCUT2D eigenvalue weighted by Crippen LogP contribution is -2.28. The maximum atomic E-state index is 10.1. The molecule has 0 aliphatic rings. The van der Waals surface area contributed by atoms with E-state index in [0.717, 1.165) is 37.3 Å². The van der Waals surface area contributed by atoms with Gasteiger partial charge < -0.3 is 15.7 Å². The monoisotopic (exact) mass is 280 g/mol. The summed E-state index contributed by atoms with van der Waals surface area (Å²) in [5.74, 6) is 1.75. The molecule has 1 aromatic rings. The molecule has 0 saturated carbocycles. The molecule has 1 aromatic heterocycles. The summed E-state index contributed by atoms with van der Waals surface area (Å²) in [6, 6.07) is 1.90. The van der Waals surface area contributed by atoms with Crippen molar-refractivity contribution in [1.29, 1.82) is 0 Å². The minimum atomic E-state index is -0.340. The molecule has 20 heavy (non-hydrogen) atoms. The number of nitrogens with zero attached hydrogens (tertiary/aromatic N) is 2. The smallest absolute Gasteiger partial charge is 0.224 e. The predicted molar refractivity (Wildman–Crippen MR) is 84.1 cm³/mol. The number of aromatic nitrogens is 2. The van der Waals surface area contributed by atoms with E-state index in [-0.39, 0.29) is 6.10 Å². The van der Waals surface area contributed by atoms with Crippen molar-refractivity contribution in [2.75, 3.05) is 23.7 Å². The summed E-state index contributed by atoms with van der Waals surface area (Å²) >= 11 is 0. The van der Waals surface area contributed by atoms with E-state index in [0.29, 0.717) is 18.4 Å². The maximum Gasteiger partial charge on any atom is 0.224 e. The molecule has 5 nitrogen and oxygen atoms in total. The average Bonchev–Trinajstić information content (AvgIpc) is 2.43. The van der Waals surface area contributed by atoms with Crippen LogP contribution in [0.1, 0.15) is 45.7 Å². The van der Waals surface area contributed by atoms with Gasteiger partial charge in [-0.25, -0.2) is 4.98 Å². The van der Waals surface area contributed by atoms with Crippen molar-refractivity contribution in [3.63, 3.8) is 0 Å². The number of nitrogens with one attached hydrogen (secondary N) is 2. The first-order valence-electron chi connectivity index (χ1n) is 7.62. The molecular formula is C15H28N4O. The molecule has 0 saturated heterocycles. The first-order valence-corrected chi connectivity index (χ1v) is 7.62. The lowest BCUT2D eigenvalue weighted by Gasteiger charge is -2.20. The summed E-state index contributed by atoms with van der Waals surface area (Å²) in [4.78, 5) is 8.75. The molecule has 0 aromatic carbocycles. The Bertz CT molecular complexity index is 393. The molecule has 0 amide bonds. The van der Waals surface area contributed by atoms with Gasteiger partial charge in [-0.05, 0) is 19.3 Å². The maximum absolute atomic E-state index is 10.1. The van der Waals surface area contributed by atoms with Gasteiger partial charge in [-0.3, -0.25) is 0 Å². The van der Waals surface area contributed by atoms with Crippen LogP contribution in [0.3, 0.4) is 0 Å². The van der Waals surface area contributed by atoms with Crippen molar-refractivity contribution in [2.45, 2.75) is 53.1 Å². The van der Waals surface area contributed by atoms with Gasteiger partial charge >= 0.3 is 0 Å². The van der Waals surface area contributed by atoms with Crippen LogP contribution >= 0.6 is 0 Å². The fraction of sp³-hybridized carbons (Fsp3) is 0.733. The molecule has 5 heteroatoms. The normalized spacial score (nSPS) is 12.5. The molecule has 1 rings (SSSR count). The number of rotatable bonds is 9. The Hall–Kier alpha value is -1.36. The van der Waals surface area contributed by atoms with Crippen molar-refractivity contribution in [3.8, 4) is 0 Å². The standard InChI is InChI=1S/C15H28N4O/c1-5-8-16-15-18-11(4)9-14(19-15)17-10-13(20)12(6-2)7-3/h9,12-13,20H,5-8,10H2,1-4H3,(H2,16,17,18,19). The van der Waals surface area contributed by atoms with Gasteiger partial charge in [-0.1, -0.05) is 33.6 Å². The zero-order chi connectivity index (χ0) is 15.0. The molecule has 0 fully saturated rings. The van der Waals surface area contributed by atoms with Crippen molar-refractivity contribution in [2.24, 2.45) is 5.92 Å². The molecule has 0 aliphatic heterocycles. The fourth-order valence-corrected chi connectivity index (χ4v) is 2.18. The Kier molecular flexibility index (Phi) is 7.30. The predicted octanol–water partition coefficient (Wildman–Crippen LogP) is 2.82. The summed E-state index contributed by atoms with van der Waals surface area (Å²) in [6.45, 7) is 9.66. The van der Waals surface area contributed by atoms with Crippen LogP contribution in [0.5, 0.6) is 0 Å². The van der Waals surface area contributed by atoms with E-state index >= 15 is 0 Å². The molecule has 0 spiro atoms. The van der Waals surface area contributed by atoms with E-state index in [4.69, 9.17) is 0 Å². The van der Waals surface area contributed by atoms with Crippen LogP contribution in [0.2, 0.25) is 0 Å². The minimum absolute atomic E-state index is 0.336. The van der Waals surface area contributed by atoms with Gasteiger partial charge in [0.1, 0.15) is 5.82 Å². The number of hydrogen-bond acceptors (Lipinski definition) is 5. The van der Waals surface area contributed by atoms with Crippen LogP contribution in [0, 0.1) is 12.8 Å². The number of aliphatic hydroxyl groups is 1. The molecule has 114 valence electrons. The highest BCUT2D eigenvalue weighted by molar-refractivity contribution is 5.42. The third-order valence-corrected chi connectivity index (χ3v) is 3.47. The van der Waals surface area contributed by atoms with Gasteiger partial charge in [-0.15, -0.1) is 0 Å². The Labute approximate surface area is 122 Å². The highest BCUT2D eigenvalue weighted by atomic mass is 16.3. The SMILES string of the molecule is CCCNc1nc(C)cc(NCC(O)C(CC)CC)n1. The van der Waals surface area contributed by atoms with E-state index in [1.807, 2.05) is 13.0 Å². The quantitative estimate of drug-likeness (QED) is 0.649. The van der Waals surface area contributed by atoms with Crippen molar-refractivity contribution in [1.82, 2.24) is 9.97 Å². The molecular weight excluding hydrogens is 252 g/mol. The molecule has 0 aliphatic carbocycles. The Morgan fingerprint density at radius 1 is 1.15 bits per heavy atom. The minimum Gasteiger partial charge on any atom is -0.391 e. The topological polar surface area (TPSA) is 70.1 Å². The largest absolute Gasteiger partial charge is 0.391 e. The average molecular weight is 280 g/mol. The summed E-state index contributed by atoms with van der Waals surface area (Å²) in [5.41, 5.74) is 0.915. The van der Waals surface area contributed by atoms with Gasteiger partial charge in [0.25, 0.3) is 0 Å². The van der Waals surface area contributed by atoms with E-state index in [9.17, 15) is 5.11 Å². The third kappa shape index (κ3) is 5.33. The molecule has 1 atom stereocenters. The summed E-state index contributed by atoms with van der Waals surface area (Å²) in [5, 5.41) is 16.5. The van der Waals surface area contributed by atoms with Crippen molar-refractivity contribution < 1.29 is 5.11 Å². The first kappa shape index (κ1) is 16.7. The van der Waals surface area contributed by atoms with Crippen LogP contribution in [-0.4, -0.2) is 34.3 Å². The van der Waals surface area contributed by atoms with Crippen LogP contribution in [-0.2, 0) is 0 Å². The van der Waals surface area contributed by atoms with Gasteiger partial charge in [-0.2, -0.15) is 4.98 Å². The zero-order valence-electron chi connectivity index (χ0n) is 13.1. The van der Waals surface area contributed by atoms with E-state index < -0.39 is 0 Å². The lowest BCUT2D eigenvalue weighted by atomic mass is 9.97. The summed E-state index contributed by atoms with van der Waals surface area (Å²) < 4.78 is 0. The molecule has 3 N–H and O–H groups in total. The second-order valence-corrected chi connectivity index (χ2v) is 5.17. The number of aliphatic hydroxyl groups excluding tert-OH is 1. The van der Waals surface area contributed by atoms with Crippen LogP contribution in [0.4, 0.5) is 11.8 Å². The number of hydrogen-bond donors (Lipinski definition) is 3. The number of anilines is 2. The highest BCUT2D eigenvalue weighted by Crippen LogP contribution is 2.15. The Morgan fingerprint density at radius 2 is 1.85 bits per heavy atom. The van der Waals surface area contributed by atoms with Gasteiger partial charge in [0.2, 0.25) is 5.95 Å². The van der Waals surface area contributed by atoms with E-state index in [1.54, 1.807) is 0 Å². The van der Waals surface area contributed by atoms with Crippen LogP contribution < -0.4 is 10.6 Å². The van der Waals surface area contributed by atoms with Crippen molar-refractivity contribution >= 4 is 11.8 Å². The second-order valence-electron chi connectivity index (χ2n) is 5.17. The van der Waals surface area contributed by atoms with Gasteiger partial charge in [0, 0.05) is 24.8 Å². The second kappa shape index (κ2) is 8.74. The Morgan fingerprint density at radius 3 is 2.45 bits per heavy atom. The van der Waals surface area contributed by atoms with Crippen LogP contribution in [0.15, 0.2) is 6.07 Å². The third-order valence-electron chi connectivity index (χ3n) is 3.47. The van der Waals surface area contributed by atoms with Gasteiger partial charge in [0.15, 0.2) is 0 Å².